The highest BCUT2D eigenvalue weighted by molar-refractivity contribution is 5.70. The maximum absolute atomic E-state index is 11.0. The summed E-state index contributed by atoms with van der Waals surface area (Å²) in [6.07, 6.45) is 1.84. The van der Waals surface area contributed by atoms with Crippen LogP contribution in [-0.2, 0) is 6.42 Å². The molecule has 0 aromatic heterocycles. The summed E-state index contributed by atoms with van der Waals surface area (Å²) in [6, 6.07) is 14.9. The predicted molar refractivity (Wildman–Crippen MR) is 88.8 cm³/mol. The van der Waals surface area contributed by atoms with E-state index in [0.717, 1.165) is 42.6 Å². The van der Waals surface area contributed by atoms with Crippen molar-refractivity contribution in [2.24, 2.45) is 5.73 Å². The van der Waals surface area contributed by atoms with Crippen molar-refractivity contribution in [1.82, 2.24) is 5.32 Å². The van der Waals surface area contributed by atoms with Crippen LogP contribution in [0.4, 0.5) is 5.69 Å². The molecule has 0 atom stereocenters. The molecule has 2 aromatic rings. The molecule has 0 aliphatic rings. The second kappa shape index (κ2) is 8.26. The smallest absolute Gasteiger partial charge is 0.270 e. The molecule has 0 heterocycles. The van der Waals surface area contributed by atoms with E-state index >= 15 is 0 Å². The van der Waals surface area contributed by atoms with Crippen molar-refractivity contribution < 1.29 is 4.92 Å². The van der Waals surface area contributed by atoms with Gasteiger partial charge in [0.15, 0.2) is 0 Å². The van der Waals surface area contributed by atoms with Crippen molar-refractivity contribution >= 4 is 5.69 Å². The van der Waals surface area contributed by atoms with Crippen LogP contribution < -0.4 is 11.1 Å². The third-order valence-electron chi connectivity index (χ3n) is 3.51. The maximum Gasteiger partial charge on any atom is 0.270 e. The van der Waals surface area contributed by atoms with Crippen molar-refractivity contribution in [3.05, 3.63) is 64.2 Å². The van der Waals surface area contributed by atoms with Crippen LogP contribution in [0.2, 0.25) is 0 Å². The van der Waals surface area contributed by atoms with Crippen LogP contribution in [0.1, 0.15) is 12.0 Å². The zero-order valence-electron chi connectivity index (χ0n) is 12.5. The number of nitrogens with two attached hydrogens (primary N) is 1. The molecule has 5 nitrogen and oxygen atoms in total. The third kappa shape index (κ3) is 4.38. The predicted octanol–water partition coefficient (Wildman–Crippen LogP) is 2.74. The minimum Gasteiger partial charge on any atom is -0.329 e. The lowest BCUT2D eigenvalue weighted by Gasteiger charge is -2.10. The number of non-ortho nitro benzene ring substituents is 1. The third-order valence-corrected chi connectivity index (χ3v) is 3.51. The van der Waals surface area contributed by atoms with Gasteiger partial charge in [0.05, 0.1) is 4.92 Å². The van der Waals surface area contributed by atoms with E-state index in [1.54, 1.807) is 12.1 Å². The summed E-state index contributed by atoms with van der Waals surface area (Å²) in [5.41, 5.74) is 8.65. The molecule has 0 amide bonds. The Balaban J connectivity index is 2.19. The Kier molecular flexibility index (Phi) is 6.06. The van der Waals surface area contributed by atoms with Crippen LogP contribution in [0.25, 0.3) is 11.1 Å². The summed E-state index contributed by atoms with van der Waals surface area (Å²) >= 11 is 0. The van der Waals surface area contributed by atoms with Crippen molar-refractivity contribution in [1.29, 1.82) is 0 Å². The minimum absolute atomic E-state index is 0.129. The number of rotatable bonds is 8. The highest BCUT2D eigenvalue weighted by Crippen LogP contribution is 2.28. The first-order valence-corrected chi connectivity index (χ1v) is 7.46. The van der Waals surface area contributed by atoms with E-state index in [1.807, 2.05) is 36.4 Å². The van der Waals surface area contributed by atoms with Gasteiger partial charge in [-0.05, 0) is 36.1 Å². The van der Waals surface area contributed by atoms with Gasteiger partial charge in [0.2, 0.25) is 0 Å². The molecule has 0 saturated heterocycles. The summed E-state index contributed by atoms with van der Waals surface area (Å²) < 4.78 is 0. The molecule has 0 aliphatic heterocycles. The minimum atomic E-state index is -0.348. The molecule has 5 heteroatoms. The zero-order valence-corrected chi connectivity index (χ0v) is 12.5. The number of nitrogens with one attached hydrogen (secondary N) is 1. The quantitative estimate of drug-likeness (QED) is 0.446. The standard InChI is InChI=1S/C17H21N3O2/c18-10-12-19-11-4-7-15-8-9-16(20(21)22)13-17(15)14-5-2-1-3-6-14/h1-3,5-6,8-9,13,19H,4,7,10-12,18H2. The van der Waals surface area contributed by atoms with Crippen molar-refractivity contribution in [2.45, 2.75) is 12.8 Å². The fourth-order valence-corrected chi connectivity index (χ4v) is 2.41. The maximum atomic E-state index is 11.0. The number of benzene rings is 2. The highest BCUT2D eigenvalue weighted by Gasteiger charge is 2.12. The zero-order chi connectivity index (χ0) is 15.8. The van der Waals surface area contributed by atoms with E-state index in [2.05, 4.69) is 5.32 Å². The fourth-order valence-electron chi connectivity index (χ4n) is 2.41. The van der Waals surface area contributed by atoms with E-state index < -0.39 is 0 Å². The Hall–Kier alpha value is -2.24. The Labute approximate surface area is 130 Å². The second-order valence-corrected chi connectivity index (χ2v) is 5.11. The van der Waals surface area contributed by atoms with Gasteiger partial charge in [-0.15, -0.1) is 0 Å². The van der Waals surface area contributed by atoms with Gasteiger partial charge in [-0.2, -0.15) is 0 Å². The Morgan fingerprint density at radius 2 is 1.86 bits per heavy atom. The molecule has 0 bridgehead atoms. The van der Waals surface area contributed by atoms with Gasteiger partial charge in [0.25, 0.3) is 5.69 Å². The molecule has 116 valence electrons. The van der Waals surface area contributed by atoms with Gasteiger partial charge in [0, 0.05) is 25.2 Å². The molecule has 0 aliphatic carbocycles. The van der Waals surface area contributed by atoms with Crippen LogP contribution >= 0.6 is 0 Å². The lowest BCUT2D eigenvalue weighted by molar-refractivity contribution is -0.384. The number of hydrogen-bond acceptors (Lipinski definition) is 4. The summed E-state index contributed by atoms with van der Waals surface area (Å²) in [4.78, 5) is 10.7. The van der Waals surface area contributed by atoms with Crippen LogP contribution in [-0.4, -0.2) is 24.6 Å². The van der Waals surface area contributed by atoms with Crippen LogP contribution in [0.15, 0.2) is 48.5 Å². The second-order valence-electron chi connectivity index (χ2n) is 5.11. The van der Waals surface area contributed by atoms with Crippen LogP contribution in [0.5, 0.6) is 0 Å². The van der Waals surface area contributed by atoms with Gasteiger partial charge in [-0.25, -0.2) is 0 Å². The van der Waals surface area contributed by atoms with Crippen molar-refractivity contribution in [3.63, 3.8) is 0 Å². The summed E-state index contributed by atoms with van der Waals surface area (Å²) in [5, 5.41) is 14.3. The summed E-state index contributed by atoms with van der Waals surface area (Å²) in [7, 11) is 0. The molecular formula is C17H21N3O2. The highest BCUT2D eigenvalue weighted by atomic mass is 16.6. The first-order chi connectivity index (χ1) is 10.7. The topological polar surface area (TPSA) is 81.2 Å². The van der Waals surface area contributed by atoms with Gasteiger partial charge in [0.1, 0.15) is 0 Å². The van der Waals surface area contributed by atoms with E-state index in [0.29, 0.717) is 6.54 Å². The largest absolute Gasteiger partial charge is 0.329 e. The lowest BCUT2D eigenvalue weighted by Crippen LogP contribution is -2.23. The van der Waals surface area contributed by atoms with Crippen molar-refractivity contribution in [3.8, 4) is 11.1 Å². The Morgan fingerprint density at radius 1 is 1.09 bits per heavy atom. The first-order valence-electron chi connectivity index (χ1n) is 7.46. The molecule has 3 N–H and O–H groups in total. The molecule has 0 radical (unpaired) electrons. The average molecular weight is 299 g/mol. The van der Waals surface area contributed by atoms with E-state index in [-0.39, 0.29) is 10.6 Å². The molecular weight excluding hydrogens is 278 g/mol. The number of nitro benzene ring substituents is 1. The number of hydrogen-bond donors (Lipinski definition) is 2. The van der Waals surface area contributed by atoms with Crippen molar-refractivity contribution in [2.75, 3.05) is 19.6 Å². The Morgan fingerprint density at radius 3 is 2.55 bits per heavy atom. The molecule has 2 rings (SSSR count). The molecule has 0 saturated carbocycles. The normalized spacial score (nSPS) is 10.6. The molecule has 22 heavy (non-hydrogen) atoms. The van der Waals surface area contributed by atoms with Gasteiger partial charge in [-0.3, -0.25) is 10.1 Å². The van der Waals surface area contributed by atoms with Gasteiger partial charge < -0.3 is 11.1 Å². The summed E-state index contributed by atoms with van der Waals surface area (Å²) in [6.45, 7) is 2.33. The van der Waals surface area contributed by atoms with E-state index in [4.69, 9.17) is 5.73 Å². The van der Waals surface area contributed by atoms with Gasteiger partial charge >= 0.3 is 0 Å². The van der Waals surface area contributed by atoms with Gasteiger partial charge in [-0.1, -0.05) is 36.4 Å². The SMILES string of the molecule is NCCNCCCc1ccc([N+](=O)[O-])cc1-c1ccccc1. The van der Waals surface area contributed by atoms with Crippen LogP contribution in [0.3, 0.4) is 0 Å². The molecule has 0 fully saturated rings. The molecule has 0 spiro atoms. The van der Waals surface area contributed by atoms with E-state index in [9.17, 15) is 10.1 Å². The lowest BCUT2D eigenvalue weighted by atomic mass is 9.96. The van der Waals surface area contributed by atoms with Crippen LogP contribution in [0, 0.1) is 10.1 Å². The number of aryl methyl sites for hydroxylation is 1. The number of nitro groups is 1. The molecule has 2 aromatic carbocycles. The monoisotopic (exact) mass is 299 g/mol. The average Bonchev–Trinajstić information content (AvgIpc) is 2.55. The fraction of sp³-hybridized carbons (Fsp3) is 0.294. The number of nitrogens with zero attached hydrogens (tertiary/aromatic N) is 1. The summed E-state index contributed by atoms with van der Waals surface area (Å²) in [5.74, 6) is 0. The first kappa shape index (κ1) is 16.1. The van der Waals surface area contributed by atoms with E-state index in [1.165, 1.54) is 0 Å². The molecule has 0 unspecified atom stereocenters. The Bertz CT molecular complexity index is 615.